The van der Waals surface area contributed by atoms with Crippen LogP contribution >= 0.6 is 0 Å². The van der Waals surface area contributed by atoms with Crippen molar-refractivity contribution in [3.8, 4) is 0 Å². The van der Waals surface area contributed by atoms with Crippen LogP contribution in [0, 0.1) is 0 Å². The third-order valence-corrected chi connectivity index (χ3v) is 1.88. The van der Waals surface area contributed by atoms with Crippen LogP contribution in [-0.4, -0.2) is 19.2 Å². The molecule has 0 unspecified atom stereocenters. The smallest absolute Gasteiger partial charge is 0.341 e. The summed E-state index contributed by atoms with van der Waals surface area (Å²) in [6, 6.07) is 0. The van der Waals surface area contributed by atoms with E-state index in [1.165, 1.54) is 0 Å². The molecule has 4 nitrogen and oxygen atoms in total. The minimum atomic E-state index is -0.579. The molecule has 0 aliphatic rings. The Morgan fingerprint density at radius 1 is 1.25 bits per heavy atom. The highest BCUT2D eigenvalue weighted by molar-refractivity contribution is 5.88. The first-order valence-corrected chi connectivity index (χ1v) is 5.48. The van der Waals surface area contributed by atoms with Crippen molar-refractivity contribution in [2.24, 2.45) is 0 Å². The van der Waals surface area contributed by atoms with Crippen LogP contribution in [0.2, 0.25) is 0 Å². The van der Waals surface area contributed by atoms with Gasteiger partial charge in [0.15, 0.2) is 0 Å². The fourth-order valence-corrected chi connectivity index (χ4v) is 1.15. The number of carbonyl (C=O) groups excluding carboxylic acids is 1. The van der Waals surface area contributed by atoms with Crippen LogP contribution < -0.4 is 0 Å². The molecule has 0 heterocycles. The number of carbonyl (C=O) groups is 1. The molecule has 91 valence electrons. The minimum Gasteiger partial charge on any atom is -0.462 e. The topological polar surface area (TPSA) is 55.4 Å². The third-order valence-electron chi connectivity index (χ3n) is 1.88. The molecule has 0 aromatic carbocycles. The average Bonchev–Trinajstić information content (AvgIpc) is 2.25. The van der Waals surface area contributed by atoms with Crippen LogP contribution in [0.4, 0.5) is 0 Å². The highest BCUT2D eigenvalue weighted by Crippen LogP contribution is 2.15. The van der Waals surface area contributed by atoms with Gasteiger partial charge in [0.1, 0.15) is 5.57 Å². The molecule has 0 saturated heterocycles. The van der Waals surface area contributed by atoms with E-state index >= 15 is 0 Å². The number of unbranched alkanes of at least 4 members (excludes halogenated alkanes) is 1. The number of allylic oxidation sites excluding steroid dienone is 1. The van der Waals surface area contributed by atoms with Crippen LogP contribution in [0.15, 0.2) is 24.2 Å². The Hall–Kier alpha value is -1.45. The van der Waals surface area contributed by atoms with E-state index in [1.807, 2.05) is 0 Å². The second-order valence-corrected chi connectivity index (χ2v) is 3.10. The van der Waals surface area contributed by atoms with Gasteiger partial charge in [0.25, 0.3) is 0 Å². The van der Waals surface area contributed by atoms with Crippen molar-refractivity contribution in [2.45, 2.75) is 33.1 Å². The zero-order valence-corrected chi connectivity index (χ0v) is 9.95. The maximum absolute atomic E-state index is 11.5. The summed E-state index contributed by atoms with van der Waals surface area (Å²) < 4.78 is 9.60. The van der Waals surface area contributed by atoms with Crippen LogP contribution in [0.1, 0.15) is 33.1 Å². The van der Waals surface area contributed by atoms with Crippen molar-refractivity contribution in [3.63, 3.8) is 0 Å². The van der Waals surface area contributed by atoms with E-state index in [-0.39, 0.29) is 18.8 Å². The molecule has 0 spiro atoms. The molecule has 1 radical (unpaired) electrons. The van der Waals surface area contributed by atoms with Crippen LogP contribution in [0.5, 0.6) is 0 Å². The van der Waals surface area contributed by atoms with Crippen molar-refractivity contribution in [1.82, 2.24) is 0 Å². The predicted molar refractivity (Wildman–Crippen MR) is 60.0 cm³/mol. The van der Waals surface area contributed by atoms with Gasteiger partial charge in [-0.3, -0.25) is 0 Å². The summed E-state index contributed by atoms with van der Waals surface area (Å²) >= 11 is 0. The first-order valence-electron chi connectivity index (χ1n) is 5.48. The summed E-state index contributed by atoms with van der Waals surface area (Å²) in [6.45, 7) is 7.48. The number of hydrogen-bond donors (Lipinski definition) is 0. The van der Waals surface area contributed by atoms with Gasteiger partial charge in [0, 0.05) is 0 Å². The molecule has 0 aliphatic carbocycles. The summed E-state index contributed by atoms with van der Waals surface area (Å²) in [5.41, 5.74) is 0.0885. The Labute approximate surface area is 96.6 Å². The quantitative estimate of drug-likeness (QED) is 0.210. The summed E-state index contributed by atoms with van der Waals surface area (Å²) in [5.74, 6) is -1.16. The maximum Gasteiger partial charge on any atom is 0.341 e. The highest BCUT2D eigenvalue weighted by Gasteiger charge is 2.18. The Morgan fingerprint density at radius 3 is 2.38 bits per heavy atom. The molecule has 16 heavy (non-hydrogen) atoms. The van der Waals surface area contributed by atoms with E-state index in [0.29, 0.717) is 12.8 Å². The highest BCUT2D eigenvalue weighted by atomic mass is 16.6. The van der Waals surface area contributed by atoms with Crippen molar-refractivity contribution in [1.29, 1.82) is 0 Å². The van der Waals surface area contributed by atoms with E-state index in [4.69, 9.17) is 9.47 Å². The molecule has 4 heteroatoms. The Morgan fingerprint density at radius 2 is 1.88 bits per heavy atom. The summed E-state index contributed by atoms with van der Waals surface area (Å²) in [4.78, 5) is 11.5. The number of ether oxygens (including phenoxy) is 2. The first kappa shape index (κ1) is 14.6. The molecule has 0 aromatic rings. The fraction of sp³-hybridized carbons (Fsp3) is 0.583. The van der Waals surface area contributed by atoms with Gasteiger partial charge in [-0.05, 0) is 33.1 Å². The van der Waals surface area contributed by atoms with Gasteiger partial charge in [-0.25, -0.2) is 9.90 Å². The van der Waals surface area contributed by atoms with Crippen molar-refractivity contribution >= 4 is 5.97 Å². The molecule has 0 N–H and O–H groups in total. The molecule has 0 saturated carbocycles. The average molecular weight is 227 g/mol. The zero-order valence-electron chi connectivity index (χ0n) is 9.95. The van der Waals surface area contributed by atoms with Crippen LogP contribution in [-0.2, 0) is 19.4 Å². The summed E-state index contributed by atoms with van der Waals surface area (Å²) in [6.07, 6.45) is 3.55. The molecule has 0 aliphatic heterocycles. The molecule has 0 aromatic heterocycles. The van der Waals surface area contributed by atoms with Crippen molar-refractivity contribution in [3.05, 3.63) is 24.2 Å². The van der Waals surface area contributed by atoms with E-state index < -0.39 is 11.9 Å². The summed E-state index contributed by atoms with van der Waals surface area (Å²) in [5, 5.41) is 11.5. The fourth-order valence-electron chi connectivity index (χ4n) is 1.15. The lowest BCUT2D eigenvalue weighted by molar-refractivity contribution is -0.139. The molecular weight excluding hydrogens is 208 g/mol. The third kappa shape index (κ3) is 5.44. The van der Waals surface area contributed by atoms with Gasteiger partial charge in [-0.15, -0.1) is 6.58 Å². The minimum absolute atomic E-state index is 0.0885. The monoisotopic (exact) mass is 227 g/mol. The van der Waals surface area contributed by atoms with Crippen LogP contribution in [0.3, 0.4) is 0 Å². The van der Waals surface area contributed by atoms with E-state index in [9.17, 15) is 9.90 Å². The lowest BCUT2D eigenvalue weighted by Crippen LogP contribution is -2.11. The van der Waals surface area contributed by atoms with Gasteiger partial charge in [0.05, 0.1) is 13.2 Å². The first-order chi connectivity index (χ1) is 7.67. The standard InChI is InChI=1S/C12H19O4/c1-4-7-8-9-10(11(13)15-5-2)12(14)16-6-3/h4H,1,5-9H2,2-3H3. The maximum atomic E-state index is 11.5. The second-order valence-electron chi connectivity index (χ2n) is 3.10. The Kier molecular flexibility index (Phi) is 8.03. The van der Waals surface area contributed by atoms with E-state index in [1.54, 1.807) is 19.9 Å². The van der Waals surface area contributed by atoms with Gasteiger partial charge in [-0.1, -0.05) is 6.08 Å². The van der Waals surface area contributed by atoms with Gasteiger partial charge < -0.3 is 9.47 Å². The molecule has 0 atom stereocenters. The molecule has 0 amide bonds. The Bertz CT molecular complexity index is 256. The molecule has 0 fully saturated rings. The van der Waals surface area contributed by atoms with E-state index in [2.05, 4.69) is 6.58 Å². The molecular formula is C12H19O4. The van der Waals surface area contributed by atoms with Gasteiger partial charge in [0.2, 0.25) is 0 Å². The SMILES string of the molecule is C=CCCCC(C(=O)OCC)=C([O])OCC. The lowest BCUT2D eigenvalue weighted by atomic mass is 10.1. The van der Waals surface area contributed by atoms with E-state index in [0.717, 1.165) is 6.42 Å². The summed E-state index contributed by atoms with van der Waals surface area (Å²) in [7, 11) is 0. The van der Waals surface area contributed by atoms with Gasteiger partial charge >= 0.3 is 11.9 Å². The normalized spacial score (nSPS) is 11.6. The number of esters is 1. The predicted octanol–water partition coefficient (Wildman–Crippen LogP) is 2.58. The number of hydrogen-bond acceptors (Lipinski definition) is 3. The van der Waals surface area contributed by atoms with Crippen LogP contribution in [0.25, 0.3) is 0 Å². The largest absolute Gasteiger partial charge is 0.462 e. The lowest BCUT2D eigenvalue weighted by Gasteiger charge is -2.07. The zero-order chi connectivity index (χ0) is 12.4. The second kappa shape index (κ2) is 8.83. The van der Waals surface area contributed by atoms with Crippen molar-refractivity contribution in [2.75, 3.05) is 13.2 Å². The molecule has 0 rings (SSSR count). The van der Waals surface area contributed by atoms with Gasteiger partial charge in [-0.2, -0.15) is 0 Å². The Balaban J connectivity index is 4.54. The van der Waals surface area contributed by atoms with Crippen molar-refractivity contribution < 1.29 is 19.4 Å². The number of rotatable bonds is 8. The molecule has 0 bridgehead atoms.